The quantitative estimate of drug-likeness (QED) is 0.656. The number of rotatable bonds is 3. The van der Waals surface area contributed by atoms with Gasteiger partial charge in [-0.2, -0.15) is 0 Å². The van der Waals surface area contributed by atoms with Crippen molar-refractivity contribution in [3.05, 3.63) is 65.9 Å². The molecule has 0 saturated carbocycles. The number of piperazine rings is 1. The molecule has 2 heterocycles. The van der Waals surface area contributed by atoms with Gasteiger partial charge in [0, 0.05) is 54.5 Å². The first-order valence-corrected chi connectivity index (χ1v) is 10.4. The van der Waals surface area contributed by atoms with Gasteiger partial charge in [-0.05, 0) is 50.6 Å². The molecule has 1 saturated heterocycles. The molecule has 0 spiro atoms. The van der Waals surface area contributed by atoms with E-state index in [1.54, 1.807) is 11.0 Å². The first kappa shape index (κ1) is 20.2. The van der Waals surface area contributed by atoms with Crippen molar-refractivity contribution in [1.82, 2.24) is 14.8 Å². The molecule has 0 unspecified atom stereocenters. The van der Waals surface area contributed by atoms with E-state index in [4.69, 9.17) is 0 Å². The summed E-state index contributed by atoms with van der Waals surface area (Å²) in [4.78, 5) is 32.7. The van der Waals surface area contributed by atoms with E-state index in [0.29, 0.717) is 12.2 Å². The van der Waals surface area contributed by atoms with Crippen LogP contribution in [0.2, 0.25) is 0 Å². The van der Waals surface area contributed by atoms with Crippen molar-refractivity contribution >= 4 is 28.4 Å². The predicted molar refractivity (Wildman–Crippen MR) is 119 cm³/mol. The molecule has 1 aliphatic rings. The monoisotopic (exact) mass is 404 g/mol. The molecule has 6 nitrogen and oxygen atoms in total. The number of carbonyl (C=O) groups is 2. The van der Waals surface area contributed by atoms with Gasteiger partial charge in [-0.1, -0.05) is 29.8 Å². The molecule has 0 bridgehead atoms. The summed E-state index contributed by atoms with van der Waals surface area (Å²) in [6, 6.07) is 16.2. The highest BCUT2D eigenvalue weighted by Gasteiger charge is 2.34. The Morgan fingerprint density at radius 2 is 1.80 bits per heavy atom. The number of aryl methyl sites for hydroxylation is 1. The number of nitrogens with zero attached hydrogens (tertiary/aromatic N) is 2. The van der Waals surface area contributed by atoms with Crippen LogP contribution in [0.3, 0.4) is 0 Å². The van der Waals surface area contributed by atoms with Crippen molar-refractivity contribution < 1.29 is 9.59 Å². The highest BCUT2D eigenvalue weighted by Crippen LogP contribution is 2.20. The second-order valence-corrected chi connectivity index (χ2v) is 8.30. The molecule has 2 amide bonds. The number of aromatic nitrogens is 1. The Balaban J connectivity index is 1.39. The number of aromatic amines is 1. The Kier molecular flexibility index (Phi) is 5.59. The van der Waals surface area contributed by atoms with Crippen LogP contribution in [-0.2, 0) is 16.1 Å². The number of anilines is 1. The summed E-state index contributed by atoms with van der Waals surface area (Å²) in [5.74, 6) is -1.06. The highest BCUT2D eigenvalue weighted by molar-refractivity contribution is 6.39. The predicted octanol–water partition coefficient (Wildman–Crippen LogP) is 3.54. The topological polar surface area (TPSA) is 68.4 Å². The van der Waals surface area contributed by atoms with Crippen molar-refractivity contribution in [2.45, 2.75) is 39.4 Å². The summed E-state index contributed by atoms with van der Waals surface area (Å²) in [6.07, 6.45) is 1.85. The molecule has 2 atom stereocenters. The third-order valence-corrected chi connectivity index (χ3v) is 5.89. The number of hydrogen-bond acceptors (Lipinski definition) is 3. The molecular formula is C24H28N4O2. The van der Waals surface area contributed by atoms with E-state index >= 15 is 0 Å². The molecule has 0 radical (unpaired) electrons. The maximum atomic E-state index is 12.9. The lowest BCUT2D eigenvalue weighted by molar-refractivity contribution is -0.147. The number of hydrogen-bond donors (Lipinski definition) is 2. The van der Waals surface area contributed by atoms with E-state index in [0.717, 1.165) is 24.0 Å². The minimum Gasteiger partial charge on any atom is -0.361 e. The zero-order valence-electron chi connectivity index (χ0n) is 17.7. The Labute approximate surface area is 176 Å². The average molecular weight is 405 g/mol. The van der Waals surface area contributed by atoms with Crippen molar-refractivity contribution in [3.8, 4) is 0 Å². The van der Waals surface area contributed by atoms with Gasteiger partial charge in [0.1, 0.15) is 0 Å². The summed E-state index contributed by atoms with van der Waals surface area (Å²) in [5.41, 5.74) is 4.13. The zero-order chi connectivity index (χ0) is 21.3. The second-order valence-electron chi connectivity index (χ2n) is 8.30. The second kappa shape index (κ2) is 8.32. The molecule has 4 rings (SSSR count). The van der Waals surface area contributed by atoms with E-state index in [1.165, 1.54) is 11.1 Å². The number of carbonyl (C=O) groups excluding carboxylic acids is 2. The minimum atomic E-state index is -0.587. The van der Waals surface area contributed by atoms with Crippen LogP contribution in [0.4, 0.5) is 5.69 Å². The van der Waals surface area contributed by atoms with Crippen molar-refractivity contribution in [2.24, 2.45) is 0 Å². The first-order valence-electron chi connectivity index (χ1n) is 10.4. The molecule has 2 N–H and O–H groups in total. The van der Waals surface area contributed by atoms with E-state index in [1.807, 2.05) is 31.3 Å². The maximum absolute atomic E-state index is 12.9. The van der Waals surface area contributed by atoms with Crippen LogP contribution in [0.15, 0.2) is 54.7 Å². The number of fused-ring (bicyclic) bond motifs is 1. The molecule has 1 aliphatic heterocycles. The minimum absolute atomic E-state index is 0.0305. The molecule has 156 valence electrons. The Morgan fingerprint density at radius 1 is 1.03 bits per heavy atom. The highest BCUT2D eigenvalue weighted by atomic mass is 16.2. The van der Waals surface area contributed by atoms with Crippen LogP contribution in [0.1, 0.15) is 25.0 Å². The maximum Gasteiger partial charge on any atom is 0.313 e. The van der Waals surface area contributed by atoms with Gasteiger partial charge in [-0.25, -0.2) is 0 Å². The van der Waals surface area contributed by atoms with Crippen molar-refractivity contribution in [2.75, 3.05) is 18.4 Å². The summed E-state index contributed by atoms with van der Waals surface area (Å²) in [7, 11) is 0. The van der Waals surface area contributed by atoms with Gasteiger partial charge in [-0.15, -0.1) is 0 Å². The number of nitrogens with one attached hydrogen (secondary N) is 2. The standard InChI is InChI=1S/C24H28N4O2/c1-16-4-6-19(7-5-16)15-27-13-18(3)28(14-17(27)2)24(30)23(29)26-21-8-9-22-20(12-21)10-11-25-22/h4-12,17-18,25H,13-15H2,1-3H3,(H,26,29)/t17-,18+/m0/s1. The van der Waals surface area contributed by atoms with Gasteiger partial charge in [0.2, 0.25) is 0 Å². The molecule has 0 aliphatic carbocycles. The SMILES string of the molecule is Cc1ccc(CN2C[C@@H](C)N(C(=O)C(=O)Nc3ccc4[nH]ccc4c3)C[C@@H]2C)cc1. The molecule has 1 fully saturated rings. The summed E-state index contributed by atoms with van der Waals surface area (Å²) in [5, 5.41) is 3.75. The van der Waals surface area contributed by atoms with E-state index in [-0.39, 0.29) is 12.1 Å². The first-order chi connectivity index (χ1) is 14.4. The van der Waals surface area contributed by atoms with Gasteiger partial charge in [0.05, 0.1) is 0 Å². The van der Waals surface area contributed by atoms with Crippen LogP contribution in [0, 0.1) is 6.92 Å². The van der Waals surface area contributed by atoms with Gasteiger partial charge < -0.3 is 15.2 Å². The number of H-pyrrole nitrogens is 1. The van der Waals surface area contributed by atoms with Crippen LogP contribution in [0.25, 0.3) is 10.9 Å². The molecular weight excluding hydrogens is 376 g/mol. The lowest BCUT2D eigenvalue weighted by Crippen LogP contribution is -2.59. The molecule has 1 aromatic heterocycles. The van der Waals surface area contributed by atoms with Crippen LogP contribution in [-0.4, -0.2) is 51.8 Å². The van der Waals surface area contributed by atoms with Crippen LogP contribution in [0.5, 0.6) is 0 Å². The lowest BCUT2D eigenvalue weighted by atomic mass is 10.1. The number of amides is 2. The molecule has 2 aromatic carbocycles. The Morgan fingerprint density at radius 3 is 2.57 bits per heavy atom. The smallest absolute Gasteiger partial charge is 0.313 e. The lowest BCUT2D eigenvalue weighted by Gasteiger charge is -2.43. The molecule has 6 heteroatoms. The van der Waals surface area contributed by atoms with E-state index < -0.39 is 11.8 Å². The largest absolute Gasteiger partial charge is 0.361 e. The van der Waals surface area contributed by atoms with Crippen LogP contribution < -0.4 is 5.32 Å². The van der Waals surface area contributed by atoms with Gasteiger partial charge in [0.25, 0.3) is 0 Å². The number of benzene rings is 2. The fourth-order valence-corrected chi connectivity index (χ4v) is 4.08. The van der Waals surface area contributed by atoms with Gasteiger partial charge >= 0.3 is 11.8 Å². The van der Waals surface area contributed by atoms with Crippen molar-refractivity contribution in [3.63, 3.8) is 0 Å². The van der Waals surface area contributed by atoms with E-state index in [9.17, 15) is 9.59 Å². The third kappa shape index (κ3) is 4.24. The van der Waals surface area contributed by atoms with Crippen LogP contribution >= 0.6 is 0 Å². The average Bonchev–Trinajstić information content (AvgIpc) is 3.19. The molecule has 30 heavy (non-hydrogen) atoms. The summed E-state index contributed by atoms with van der Waals surface area (Å²) in [6.45, 7) is 8.32. The van der Waals surface area contributed by atoms with Gasteiger partial charge in [-0.3, -0.25) is 14.5 Å². The summed E-state index contributed by atoms with van der Waals surface area (Å²) < 4.78 is 0. The fraction of sp³-hybridized carbons (Fsp3) is 0.333. The summed E-state index contributed by atoms with van der Waals surface area (Å²) >= 11 is 0. The normalized spacial score (nSPS) is 19.8. The molecule has 3 aromatic rings. The van der Waals surface area contributed by atoms with Crippen molar-refractivity contribution in [1.29, 1.82) is 0 Å². The fourth-order valence-electron chi connectivity index (χ4n) is 4.08. The zero-order valence-corrected chi connectivity index (χ0v) is 17.7. The third-order valence-electron chi connectivity index (χ3n) is 5.89. The van der Waals surface area contributed by atoms with E-state index in [2.05, 4.69) is 53.3 Å². The Bertz CT molecular complexity index is 1060. The van der Waals surface area contributed by atoms with Gasteiger partial charge in [0.15, 0.2) is 0 Å². The Hall–Kier alpha value is -3.12.